The normalized spacial score (nSPS) is 11.7. The number of aliphatic hydroxyl groups is 1. The van der Waals surface area contributed by atoms with E-state index in [0.29, 0.717) is 24.1 Å². The number of ketones is 1. The van der Waals surface area contributed by atoms with Crippen molar-refractivity contribution in [3.63, 3.8) is 0 Å². The summed E-state index contributed by atoms with van der Waals surface area (Å²) in [6.07, 6.45) is 0.321. The number of carbonyl (C=O) groups is 1. The first-order valence-corrected chi connectivity index (χ1v) is 8.22. The van der Waals surface area contributed by atoms with Gasteiger partial charge in [0, 0.05) is 13.0 Å². The Balaban J connectivity index is 2.33. The minimum atomic E-state index is -1.59. The number of rotatable bonds is 8. The fourth-order valence-electron chi connectivity index (χ4n) is 2.83. The number of hydrogen-bond donors (Lipinski definition) is 1. The van der Waals surface area contributed by atoms with Crippen molar-refractivity contribution < 1.29 is 9.90 Å². The summed E-state index contributed by atoms with van der Waals surface area (Å²) in [5.74, 6) is -0.165. The van der Waals surface area contributed by atoms with Crippen LogP contribution in [0.2, 0.25) is 0 Å². The fourth-order valence-corrected chi connectivity index (χ4v) is 2.83. The average molecular weight is 311 g/mol. The molecule has 0 unspecified atom stereocenters. The smallest absolute Gasteiger partial charge is 0.174 e. The fraction of sp³-hybridized carbons (Fsp3) is 0.350. The van der Waals surface area contributed by atoms with Gasteiger partial charge in [0.15, 0.2) is 11.4 Å². The third-order valence-corrected chi connectivity index (χ3v) is 4.34. The predicted molar refractivity (Wildman–Crippen MR) is 93.3 cm³/mol. The third kappa shape index (κ3) is 3.87. The first-order chi connectivity index (χ1) is 11.1. The summed E-state index contributed by atoms with van der Waals surface area (Å²) >= 11 is 0. The highest BCUT2D eigenvalue weighted by atomic mass is 16.3. The summed E-state index contributed by atoms with van der Waals surface area (Å²) in [5, 5.41) is 11.3. The van der Waals surface area contributed by atoms with E-state index in [1.807, 2.05) is 60.7 Å². The van der Waals surface area contributed by atoms with E-state index in [9.17, 15) is 9.90 Å². The molecule has 0 spiro atoms. The SMILES string of the molecule is CCN(CC)CCC(=O)C(O)(c1ccccc1)c1ccccc1. The molecule has 0 radical (unpaired) electrons. The minimum Gasteiger partial charge on any atom is -0.373 e. The summed E-state index contributed by atoms with van der Waals surface area (Å²) in [6.45, 7) is 6.62. The second-order valence-electron chi connectivity index (χ2n) is 5.64. The second kappa shape index (κ2) is 8.04. The Morgan fingerprint density at radius 1 is 0.913 bits per heavy atom. The summed E-state index contributed by atoms with van der Waals surface area (Å²) in [5.41, 5.74) is -0.346. The van der Waals surface area contributed by atoms with Gasteiger partial charge in [0.25, 0.3) is 0 Å². The van der Waals surface area contributed by atoms with Gasteiger partial charge in [0.2, 0.25) is 0 Å². The number of benzene rings is 2. The van der Waals surface area contributed by atoms with Gasteiger partial charge in [-0.15, -0.1) is 0 Å². The first kappa shape index (κ1) is 17.4. The highest BCUT2D eigenvalue weighted by Gasteiger charge is 2.38. The van der Waals surface area contributed by atoms with Gasteiger partial charge in [-0.05, 0) is 24.2 Å². The zero-order valence-electron chi connectivity index (χ0n) is 13.9. The topological polar surface area (TPSA) is 40.5 Å². The van der Waals surface area contributed by atoms with Crippen molar-refractivity contribution in [2.75, 3.05) is 19.6 Å². The largest absolute Gasteiger partial charge is 0.373 e. The van der Waals surface area contributed by atoms with Crippen LogP contribution in [0.1, 0.15) is 31.4 Å². The van der Waals surface area contributed by atoms with Crippen molar-refractivity contribution in [3.05, 3.63) is 71.8 Å². The molecule has 0 saturated heterocycles. The molecule has 2 rings (SSSR count). The van der Waals surface area contributed by atoms with Crippen LogP contribution >= 0.6 is 0 Å². The predicted octanol–water partition coefficient (Wildman–Crippen LogP) is 3.22. The maximum absolute atomic E-state index is 12.9. The van der Waals surface area contributed by atoms with E-state index >= 15 is 0 Å². The quantitative estimate of drug-likeness (QED) is 0.814. The van der Waals surface area contributed by atoms with Crippen molar-refractivity contribution in [2.24, 2.45) is 0 Å². The van der Waals surface area contributed by atoms with Crippen LogP contribution in [0.25, 0.3) is 0 Å². The van der Waals surface area contributed by atoms with Crippen LogP contribution in [-0.4, -0.2) is 35.4 Å². The molecule has 0 amide bonds. The van der Waals surface area contributed by atoms with Gasteiger partial charge >= 0.3 is 0 Å². The van der Waals surface area contributed by atoms with Crippen LogP contribution < -0.4 is 0 Å². The van der Waals surface area contributed by atoms with E-state index in [1.54, 1.807) is 0 Å². The molecule has 1 N–H and O–H groups in total. The lowest BCUT2D eigenvalue weighted by atomic mass is 9.81. The van der Waals surface area contributed by atoms with E-state index in [1.165, 1.54) is 0 Å². The second-order valence-corrected chi connectivity index (χ2v) is 5.64. The molecule has 0 aliphatic heterocycles. The highest BCUT2D eigenvalue weighted by molar-refractivity contribution is 5.92. The summed E-state index contributed by atoms with van der Waals surface area (Å²) < 4.78 is 0. The molecular weight excluding hydrogens is 286 g/mol. The van der Waals surface area contributed by atoms with Crippen molar-refractivity contribution in [1.29, 1.82) is 0 Å². The first-order valence-electron chi connectivity index (χ1n) is 8.22. The van der Waals surface area contributed by atoms with Crippen molar-refractivity contribution in [1.82, 2.24) is 4.90 Å². The monoisotopic (exact) mass is 311 g/mol. The maximum Gasteiger partial charge on any atom is 0.174 e. The van der Waals surface area contributed by atoms with Crippen molar-refractivity contribution in [3.8, 4) is 0 Å². The van der Waals surface area contributed by atoms with Crippen molar-refractivity contribution in [2.45, 2.75) is 25.9 Å². The molecule has 23 heavy (non-hydrogen) atoms. The zero-order chi connectivity index (χ0) is 16.7. The number of nitrogens with zero attached hydrogens (tertiary/aromatic N) is 1. The molecule has 122 valence electrons. The highest BCUT2D eigenvalue weighted by Crippen LogP contribution is 2.31. The molecule has 0 bridgehead atoms. The van der Waals surface area contributed by atoms with E-state index in [-0.39, 0.29) is 5.78 Å². The molecule has 0 aliphatic rings. The summed E-state index contributed by atoms with van der Waals surface area (Å²) in [6, 6.07) is 18.4. The molecule has 3 heteroatoms. The van der Waals surface area contributed by atoms with Gasteiger partial charge in [-0.1, -0.05) is 74.5 Å². The van der Waals surface area contributed by atoms with Crippen LogP contribution in [0.5, 0.6) is 0 Å². The number of Topliss-reactive ketones (excluding diaryl/α,β-unsaturated/α-hetero) is 1. The van der Waals surface area contributed by atoms with E-state index in [2.05, 4.69) is 18.7 Å². The molecule has 0 heterocycles. The molecule has 0 aliphatic carbocycles. The summed E-state index contributed by atoms with van der Waals surface area (Å²) in [4.78, 5) is 15.1. The van der Waals surface area contributed by atoms with Crippen LogP contribution in [0, 0.1) is 0 Å². The summed E-state index contributed by atoms with van der Waals surface area (Å²) in [7, 11) is 0. The van der Waals surface area contributed by atoms with Crippen LogP contribution in [0.3, 0.4) is 0 Å². The zero-order valence-corrected chi connectivity index (χ0v) is 13.9. The minimum absolute atomic E-state index is 0.165. The molecule has 0 aromatic heterocycles. The maximum atomic E-state index is 12.9. The molecule has 3 nitrogen and oxygen atoms in total. The van der Waals surface area contributed by atoms with E-state index in [0.717, 1.165) is 13.1 Å². The number of carbonyl (C=O) groups excluding carboxylic acids is 1. The molecule has 0 fully saturated rings. The molecule has 2 aromatic carbocycles. The van der Waals surface area contributed by atoms with Gasteiger partial charge in [0.05, 0.1) is 0 Å². The third-order valence-electron chi connectivity index (χ3n) is 4.34. The average Bonchev–Trinajstić information content (AvgIpc) is 2.63. The van der Waals surface area contributed by atoms with Crippen LogP contribution in [-0.2, 0) is 10.4 Å². The Hall–Kier alpha value is -1.97. The van der Waals surface area contributed by atoms with Gasteiger partial charge in [0.1, 0.15) is 0 Å². The lowest BCUT2D eigenvalue weighted by Crippen LogP contribution is -2.39. The Morgan fingerprint density at radius 3 is 1.74 bits per heavy atom. The van der Waals surface area contributed by atoms with Gasteiger partial charge in [-0.2, -0.15) is 0 Å². The Kier molecular flexibility index (Phi) is 6.08. The molecule has 0 saturated carbocycles. The Bertz CT molecular complexity index is 567. The lowest BCUT2D eigenvalue weighted by molar-refractivity contribution is -0.134. The lowest BCUT2D eigenvalue weighted by Gasteiger charge is -2.29. The Morgan fingerprint density at radius 2 is 1.35 bits per heavy atom. The van der Waals surface area contributed by atoms with Crippen LogP contribution in [0.15, 0.2) is 60.7 Å². The van der Waals surface area contributed by atoms with E-state index in [4.69, 9.17) is 0 Å². The standard InChI is InChI=1S/C20H25NO2/c1-3-21(4-2)16-15-19(22)20(23,17-11-7-5-8-12-17)18-13-9-6-10-14-18/h5-14,23H,3-4,15-16H2,1-2H3. The van der Waals surface area contributed by atoms with Gasteiger partial charge < -0.3 is 10.0 Å². The molecular formula is C20H25NO2. The molecule has 0 atom stereocenters. The van der Waals surface area contributed by atoms with Crippen LogP contribution in [0.4, 0.5) is 0 Å². The Labute approximate surface area is 138 Å². The van der Waals surface area contributed by atoms with Crippen molar-refractivity contribution >= 4 is 5.78 Å². The van der Waals surface area contributed by atoms with E-state index < -0.39 is 5.60 Å². The van der Waals surface area contributed by atoms with Gasteiger partial charge in [-0.25, -0.2) is 0 Å². The van der Waals surface area contributed by atoms with Gasteiger partial charge in [-0.3, -0.25) is 4.79 Å². The number of hydrogen-bond acceptors (Lipinski definition) is 3. The molecule has 2 aromatic rings.